The smallest absolute Gasteiger partial charge is 0.416 e. The second-order valence-electron chi connectivity index (χ2n) is 7.56. The minimum Gasteiger partial charge on any atom is -0.424 e. The summed E-state index contributed by atoms with van der Waals surface area (Å²) in [6.07, 6.45) is -7.60. The molecule has 0 bridgehead atoms. The van der Waals surface area contributed by atoms with E-state index in [1.807, 2.05) is 0 Å². The molecule has 186 valence electrons. The Kier molecular flexibility index (Phi) is 6.54. The van der Waals surface area contributed by atoms with E-state index in [0.29, 0.717) is 17.5 Å². The lowest BCUT2D eigenvalue weighted by atomic mass is 10.1. The Balaban J connectivity index is 1.65. The molecular weight excluding hydrogens is 482 g/mol. The highest BCUT2D eigenvalue weighted by molar-refractivity contribution is 5.75. The molecule has 0 aliphatic heterocycles. The fourth-order valence-corrected chi connectivity index (χ4v) is 3.37. The number of imidazole rings is 1. The first-order valence-electron chi connectivity index (χ1n) is 10.3. The summed E-state index contributed by atoms with van der Waals surface area (Å²) in [5, 5.41) is 4.11. The molecule has 4 aromatic rings. The fourth-order valence-electron chi connectivity index (χ4n) is 3.37. The third kappa shape index (κ3) is 5.15. The number of alkyl halides is 6. The van der Waals surface area contributed by atoms with Crippen LogP contribution in [0, 0.1) is 0 Å². The van der Waals surface area contributed by atoms with Crippen molar-refractivity contribution in [3.8, 4) is 17.4 Å². The molecule has 0 saturated carbocycles. The van der Waals surface area contributed by atoms with Crippen LogP contribution in [0.4, 0.5) is 26.3 Å². The van der Waals surface area contributed by atoms with E-state index in [1.165, 1.54) is 29.2 Å². The molecular formula is C21H18F6N6O2. The quantitative estimate of drug-likeness (QED) is 0.362. The van der Waals surface area contributed by atoms with Crippen molar-refractivity contribution in [2.75, 3.05) is 0 Å². The molecule has 0 radical (unpaired) electrons. The van der Waals surface area contributed by atoms with Crippen LogP contribution in [0.2, 0.25) is 0 Å². The number of ether oxygens (including phenoxy) is 1. The lowest BCUT2D eigenvalue weighted by Gasteiger charge is -2.14. The number of nitrogens with one attached hydrogen (secondary N) is 1. The van der Waals surface area contributed by atoms with E-state index in [2.05, 4.69) is 24.8 Å². The molecule has 0 saturated heterocycles. The summed E-state index contributed by atoms with van der Waals surface area (Å²) in [4.78, 5) is 23.7. The summed E-state index contributed by atoms with van der Waals surface area (Å²) in [7, 11) is 0. The van der Waals surface area contributed by atoms with Crippen molar-refractivity contribution in [1.82, 2.24) is 29.3 Å². The molecule has 14 heteroatoms. The third-order valence-electron chi connectivity index (χ3n) is 4.95. The minimum absolute atomic E-state index is 0.0369. The molecule has 1 N–H and O–H groups in total. The number of hydrogen-bond donors (Lipinski definition) is 1. The largest absolute Gasteiger partial charge is 0.424 e. The van der Waals surface area contributed by atoms with E-state index in [9.17, 15) is 31.1 Å². The summed E-state index contributed by atoms with van der Waals surface area (Å²) >= 11 is 0. The first-order chi connectivity index (χ1) is 16.6. The molecule has 3 heterocycles. The lowest BCUT2D eigenvalue weighted by Crippen LogP contribution is -2.28. The van der Waals surface area contributed by atoms with E-state index in [1.54, 1.807) is 6.92 Å². The van der Waals surface area contributed by atoms with Gasteiger partial charge in [0.25, 0.3) is 5.56 Å². The lowest BCUT2D eigenvalue weighted by molar-refractivity contribution is -0.137. The van der Waals surface area contributed by atoms with Crippen LogP contribution in [-0.2, 0) is 19.3 Å². The van der Waals surface area contributed by atoms with E-state index in [0.717, 1.165) is 16.7 Å². The Bertz CT molecular complexity index is 1390. The molecule has 1 unspecified atom stereocenters. The molecule has 0 fully saturated rings. The molecule has 35 heavy (non-hydrogen) atoms. The van der Waals surface area contributed by atoms with Crippen molar-refractivity contribution in [2.24, 2.45) is 0 Å². The van der Waals surface area contributed by atoms with Crippen molar-refractivity contribution in [2.45, 2.75) is 45.4 Å². The van der Waals surface area contributed by atoms with Gasteiger partial charge in [0.15, 0.2) is 11.2 Å². The van der Waals surface area contributed by atoms with E-state index >= 15 is 0 Å². The Morgan fingerprint density at radius 2 is 1.94 bits per heavy atom. The Hall–Kier alpha value is -3.84. The van der Waals surface area contributed by atoms with Gasteiger partial charge in [0.1, 0.15) is 5.82 Å². The predicted octanol–water partition coefficient (Wildman–Crippen LogP) is 4.40. The van der Waals surface area contributed by atoms with Crippen LogP contribution < -0.4 is 10.3 Å². The summed E-state index contributed by atoms with van der Waals surface area (Å²) in [5.41, 5.74) is -0.962. The van der Waals surface area contributed by atoms with Gasteiger partial charge in [-0.3, -0.25) is 14.0 Å². The molecule has 4 rings (SSSR count). The number of H-pyrrole nitrogens is 1. The second-order valence-corrected chi connectivity index (χ2v) is 7.56. The van der Waals surface area contributed by atoms with Crippen molar-refractivity contribution in [3.05, 3.63) is 58.1 Å². The number of aromatic amines is 1. The zero-order valence-electron chi connectivity index (χ0n) is 18.1. The van der Waals surface area contributed by atoms with Crippen molar-refractivity contribution < 1.29 is 31.1 Å². The number of nitrogens with zero attached hydrogens (tertiary/aromatic N) is 5. The van der Waals surface area contributed by atoms with Gasteiger partial charge < -0.3 is 9.72 Å². The molecule has 8 nitrogen and oxygen atoms in total. The highest BCUT2D eigenvalue weighted by atomic mass is 19.4. The van der Waals surface area contributed by atoms with Crippen LogP contribution in [0.25, 0.3) is 22.6 Å². The van der Waals surface area contributed by atoms with Crippen LogP contribution in [0.15, 0.2) is 41.5 Å². The Labute approximate surface area is 193 Å². The Morgan fingerprint density at radius 1 is 1.17 bits per heavy atom. The minimum atomic E-state index is -4.47. The number of aromatic nitrogens is 6. The van der Waals surface area contributed by atoms with Crippen molar-refractivity contribution in [3.63, 3.8) is 0 Å². The van der Waals surface area contributed by atoms with Crippen molar-refractivity contribution >= 4 is 11.2 Å². The van der Waals surface area contributed by atoms with Gasteiger partial charge >= 0.3 is 25.0 Å². The monoisotopic (exact) mass is 500 g/mol. The zero-order chi connectivity index (χ0) is 25.3. The maximum Gasteiger partial charge on any atom is 0.416 e. The van der Waals surface area contributed by atoms with Crippen LogP contribution in [0.3, 0.4) is 0 Å². The fraction of sp³-hybridized carbons (Fsp3) is 0.333. The van der Waals surface area contributed by atoms with Gasteiger partial charge in [-0.15, -0.1) is 0 Å². The summed E-state index contributed by atoms with van der Waals surface area (Å²) in [6, 6.07) is 4.17. The van der Waals surface area contributed by atoms with Gasteiger partial charge in [-0.1, -0.05) is 19.1 Å². The highest BCUT2D eigenvalue weighted by Crippen LogP contribution is 2.30. The molecule has 0 aliphatic rings. The average molecular weight is 500 g/mol. The predicted molar refractivity (Wildman–Crippen MR) is 112 cm³/mol. The van der Waals surface area contributed by atoms with Crippen LogP contribution in [-0.4, -0.2) is 42.1 Å². The van der Waals surface area contributed by atoms with Crippen LogP contribution in [0.5, 0.6) is 6.01 Å². The first-order valence-corrected chi connectivity index (χ1v) is 10.3. The zero-order valence-corrected chi connectivity index (χ0v) is 18.1. The van der Waals surface area contributed by atoms with E-state index in [-0.39, 0.29) is 30.1 Å². The van der Waals surface area contributed by atoms with Gasteiger partial charge in [0.2, 0.25) is 0 Å². The summed E-state index contributed by atoms with van der Waals surface area (Å²) in [6.45, 7) is 1.79. The van der Waals surface area contributed by atoms with Gasteiger partial charge in [-0.2, -0.15) is 27.6 Å². The SMILES string of the molecule is CCCn1c(OC(F)C(F)F)nc2nc(-c3cnn(Cc4cccc(C(F)(F)F)c4)c3)[nH]c2c1=O. The normalized spacial score (nSPS) is 13.0. The molecule has 1 atom stereocenters. The number of fused-ring (bicyclic) bond motifs is 1. The Morgan fingerprint density at radius 3 is 2.63 bits per heavy atom. The maximum atomic E-state index is 13.5. The van der Waals surface area contributed by atoms with Gasteiger partial charge in [-0.05, 0) is 24.1 Å². The average Bonchev–Trinajstić information content (AvgIpc) is 3.43. The molecule has 0 spiro atoms. The molecule has 1 aromatic carbocycles. The maximum absolute atomic E-state index is 13.5. The van der Waals surface area contributed by atoms with Crippen LogP contribution in [0.1, 0.15) is 24.5 Å². The number of hydrogen-bond acceptors (Lipinski definition) is 5. The second kappa shape index (κ2) is 9.43. The number of rotatable bonds is 8. The molecule has 0 amide bonds. The summed E-state index contributed by atoms with van der Waals surface area (Å²) < 4.78 is 84.4. The number of halogens is 6. The molecule has 3 aromatic heterocycles. The van der Waals surface area contributed by atoms with Crippen LogP contribution >= 0.6 is 0 Å². The third-order valence-corrected chi connectivity index (χ3v) is 4.95. The molecule has 0 aliphatic carbocycles. The summed E-state index contributed by atoms with van der Waals surface area (Å²) in [5.74, 6) is 0.144. The number of benzene rings is 1. The van der Waals surface area contributed by atoms with Crippen molar-refractivity contribution in [1.29, 1.82) is 0 Å². The van der Waals surface area contributed by atoms with Gasteiger partial charge in [0, 0.05) is 12.7 Å². The van der Waals surface area contributed by atoms with E-state index < -0.39 is 36.1 Å². The van der Waals surface area contributed by atoms with Gasteiger partial charge in [0.05, 0.1) is 23.9 Å². The van der Waals surface area contributed by atoms with E-state index in [4.69, 9.17) is 0 Å². The standard InChI is InChI=1S/C21H18F6N6O2/c1-2-6-33-19(34)14-18(31-20(33)35-16(24)15(22)23)30-17(29-14)12-8-28-32(10-12)9-11-4-3-5-13(7-11)21(25,26)27/h3-5,7-8,10,15-16H,2,6,9H2,1H3,(H,29,30). The van der Waals surface area contributed by atoms with Gasteiger partial charge in [-0.25, -0.2) is 13.8 Å². The highest BCUT2D eigenvalue weighted by Gasteiger charge is 2.30. The first kappa shape index (κ1) is 24.3. The topological polar surface area (TPSA) is 90.6 Å².